The average Bonchev–Trinajstić information content (AvgIpc) is 3.62. The zero-order valence-corrected chi connectivity index (χ0v) is 30.7. The van der Waals surface area contributed by atoms with Crippen LogP contribution in [0.25, 0.3) is 120 Å². The molecule has 262 valence electrons. The van der Waals surface area contributed by atoms with Crippen LogP contribution in [0.2, 0.25) is 0 Å². The van der Waals surface area contributed by atoms with Crippen molar-refractivity contribution in [3.05, 3.63) is 200 Å². The molecule has 3 nitrogen and oxygen atoms in total. The average molecular weight is 722 g/mol. The Kier molecular flexibility index (Phi) is 6.70. The summed E-state index contributed by atoms with van der Waals surface area (Å²) in [6.45, 7) is 7.98. The summed E-state index contributed by atoms with van der Waals surface area (Å²) in [4.78, 5) is 8.39. The van der Waals surface area contributed by atoms with Crippen LogP contribution in [0.3, 0.4) is 0 Å². The molecule has 0 saturated carbocycles. The van der Waals surface area contributed by atoms with Gasteiger partial charge in [-0.2, -0.15) is 0 Å². The summed E-state index contributed by atoms with van der Waals surface area (Å²) in [5.74, 6) is 0. The Labute approximate surface area is 328 Å². The van der Waals surface area contributed by atoms with Crippen LogP contribution in [0.4, 0.5) is 5.69 Å². The van der Waals surface area contributed by atoms with E-state index in [1.807, 2.05) is 24.5 Å². The van der Waals surface area contributed by atoms with Gasteiger partial charge in [0, 0.05) is 17.0 Å². The molecular weight excluding hydrogens is 691 g/mol. The lowest BCUT2D eigenvalue weighted by Gasteiger charge is -2.20. The van der Waals surface area contributed by atoms with E-state index in [2.05, 4.69) is 178 Å². The van der Waals surface area contributed by atoms with Gasteiger partial charge in [0.05, 0.1) is 29.5 Å². The van der Waals surface area contributed by atoms with E-state index in [0.717, 1.165) is 27.5 Å². The van der Waals surface area contributed by atoms with Crippen LogP contribution in [-0.4, -0.2) is 9.55 Å². The van der Waals surface area contributed by atoms with Crippen molar-refractivity contribution in [2.75, 3.05) is 0 Å². The second-order valence-corrected chi connectivity index (χ2v) is 14.9. The number of fused-ring (bicyclic) bond motifs is 4. The van der Waals surface area contributed by atoms with Crippen LogP contribution in [-0.2, 0) is 0 Å². The minimum atomic E-state index is 0.667. The van der Waals surface area contributed by atoms with Crippen LogP contribution in [0.1, 0.15) is 0 Å². The van der Waals surface area contributed by atoms with Gasteiger partial charge < -0.3 is 4.57 Å². The first-order chi connectivity index (χ1) is 28.3. The molecule has 0 amide bonds. The van der Waals surface area contributed by atoms with Crippen molar-refractivity contribution in [1.29, 1.82) is 0 Å². The molecule has 0 radical (unpaired) electrons. The van der Waals surface area contributed by atoms with Crippen LogP contribution in [0, 0.1) is 6.57 Å². The van der Waals surface area contributed by atoms with E-state index in [1.54, 1.807) is 0 Å². The fraction of sp³-hybridized carbons (Fsp3) is 0. The van der Waals surface area contributed by atoms with E-state index in [9.17, 15) is 0 Å². The number of nitrogens with zero attached hydrogens (tertiary/aromatic N) is 3. The summed E-state index contributed by atoms with van der Waals surface area (Å²) >= 11 is 0. The molecule has 2 heterocycles. The number of pyridine rings is 1. The summed E-state index contributed by atoms with van der Waals surface area (Å²) in [7, 11) is 0. The van der Waals surface area contributed by atoms with Crippen molar-refractivity contribution in [1.82, 2.24) is 9.55 Å². The zero-order valence-electron chi connectivity index (χ0n) is 30.7. The summed E-state index contributed by atoms with van der Waals surface area (Å²) in [6, 6.07) is 63.8. The third kappa shape index (κ3) is 4.44. The second-order valence-electron chi connectivity index (χ2n) is 14.9. The second kappa shape index (κ2) is 12.1. The Balaban J connectivity index is 1.14. The molecule has 12 aromatic rings. The van der Waals surface area contributed by atoms with Gasteiger partial charge in [-0.15, -0.1) is 0 Å². The van der Waals surface area contributed by atoms with Crippen molar-refractivity contribution in [2.45, 2.75) is 0 Å². The van der Waals surface area contributed by atoms with E-state index < -0.39 is 0 Å². The highest BCUT2D eigenvalue weighted by molar-refractivity contribution is 6.30. The molecule has 0 bridgehead atoms. The summed E-state index contributed by atoms with van der Waals surface area (Å²) in [5.41, 5.74) is 11.2. The summed E-state index contributed by atoms with van der Waals surface area (Å²) < 4.78 is 2.29. The highest BCUT2D eigenvalue weighted by atomic mass is 15.0. The van der Waals surface area contributed by atoms with E-state index in [4.69, 9.17) is 6.57 Å². The topological polar surface area (TPSA) is 22.2 Å². The van der Waals surface area contributed by atoms with Crippen molar-refractivity contribution in [3.63, 3.8) is 0 Å². The quantitative estimate of drug-likeness (QED) is 0.101. The molecule has 0 spiro atoms. The number of aromatic nitrogens is 2. The van der Waals surface area contributed by atoms with Crippen LogP contribution in [0.15, 0.2) is 188 Å². The Morgan fingerprint density at radius 1 is 0.386 bits per heavy atom. The lowest BCUT2D eigenvalue weighted by Crippen LogP contribution is -1.94. The standard InChI is InChI=1S/C54H31N3/c1-55-48-28-30-50-54-47(48)26-25-46-39(27-29-49(53(46)54)57(50)34-14-11-31-56-32-34)38-23-24-45(37-17-5-4-16-36(37)38)52-43-20-8-6-18-41(43)51(42-19-7-9-21-44(42)52)40-22-10-13-33-12-2-3-15-35(33)40/h2-32H. The molecule has 0 unspecified atom stereocenters. The van der Waals surface area contributed by atoms with Gasteiger partial charge in [-0.25, -0.2) is 4.85 Å². The van der Waals surface area contributed by atoms with E-state index in [0.29, 0.717) is 5.69 Å². The maximum atomic E-state index is 7.98. The minimum Gasteiger partial charge on any atom is -0.308 e. The van der Waals surface area contributed by atoms with E-state index >= 15 is 0 Å². The van der Waals surface area contributed by atoms with Crippen molar-refractivity contribution >= 4 is 81.4 Å². The predicted octanol–water partition coefficient (Wildman–Crippen LogP) is 14.9. The van der Waals surface area contributed by atoms with Crippen molar-refractivity contribution < 1.29 is 0 Å². The fourth-order valence-electron chi connectivity index (χ4n) is 9.74. The van der Waals surface area contributed by atoms with Crippen LogP contribution >= 0.6 is 0 Å². The number of rotatable bonds is 4. The van der Waals surface area contributed by atoms with Crippen LogP contribution < -0.4 is 0 Å². The Bertz CT molecular complexity index is 3580. The number of hydrogen-bond acceptors (Lipinski definition) is 1. The molecular formula is C54H31N3. The summed E-state index contributed by atoms with van der Waals surface area (Å²) in [6.07, 6.45) is 3.72. The van der Waals surface area contributed by atoms with E-state index in [-0.39, 0.29) is 0 Å². The molecule has 57 heavy (non-hydrogen) atoms. The Morgan fingerprint density at radius 3 is 1.56 bits per heavy atom. The molecule has 0 fully saturated rings. The summed E-state index contributed by atoms with van der Waals surface area (Å²) in [5, 5.41) is 14.3. The molecule has 2 aromatic heterocycles. The predicted molar refractivity (Wildman–Crippen MR) is 240 cm³/mol. The van der Waals surface area contributed by atoms with E-state index in [1.165, 1.54) is 87.2 Å². The fourth-order valence-corrected chi connectivity index (χ4v) is 9.74. The van der Waals surface area contributed by atoms with Crippen molar-refractivity contribution in [2.24, 2.45) is 0 Å². The maximum Gasteiger partial charge on any atom is 0.195 e. The lowest BCUT2D eigenvalue weighted by molar-refractivity contribution is 1.14. The van der Waals surface area contributed by atoms with Gasteiger partial charge >= 0.3 is 0 Å². The van der Waals surface area contributed by atoms with Gasteiger partial charge in [0.1, 0.15) is 0 Å². The van der Waals surface area contributed by atoms with Gasteiger partial charge in [-0.3, -0.25) is 4.98 Å². The third-order valence-corrected chi connectivity index (χ3v) is 12.1. The molecule has 10 aromatic carbocycles. The first-order valence-corrected chi connectivity index (χ1v) is 19.3. The monoisotopic (exact) mass is 721 g/mol. The van der Waals surface area contributed by atoms with Gasteiger partial charge in [-0.05, 0) is 112 Å². The first-order valence-electron chi connectivity index (χ1n) is 19.3. The van der Waals surface area contributed by atoms with Gasteiger partial charge in [0.15, 0.2) is 5.69 Å². The molecule has 0 N–H and O–H groups in total. The normalized spacial score (nSPS) is 11.8. The van der Waals surface area contributed by atoms with Gasteiger partial charge in [0.2, 0.25) is 0 Å². The largest absolute Gasteiger partial charge is 0.308 e. The molecule has 0 aliphatic carbocycles. The van der Waals surface area contributed by atoms with Crippen molar-refractivity contribution in [3.8, 4) is 39.1 Å². The molecule has 3 heteroatoms. The Hall–Kier alpha value is -7.80. The molecule has 0 saturated heterocycles. The van der Waals surface area contributed by atoms with Gasteiger partial charge in [-0.1, -0.05) is 152 Å². The molecule has 0 atom stereocenters. The van der Waals surface area contributed by atoms with Gasteiger partial charge in [0.25, 0.3) is 0 Å². The maximum absolute atomic E-state index is 7.98. The lowest BCUT2D eigenvalue weighted by atomic mass is 9.82. The number of benzene rings is 10. The highest BCUT2D eigenvalue weighted by Gasteiger charge is 2.23. The smallest absolute Gasteiger partial charge is 0.195 e. The Morgan fingerprint density at radius 2 is 0.895 bits per heavy atom. The number of hydrogen-bond donors (Lipinski definition) is 0. The zero-order chi connectivity index (χ0) is 37.6. The molecule has 0 aliphatic heterocycles. The van der Waals surface area contributed by atoms with Crippen LogP contribution in [0.5, 0.6) is 0 Å². The minimum absolute atomic E-state index is 0.667. The highest BCUT2D eigenvalue weighted by Crippen LogP contribution is 2.49. The molecule has 0 aliphatic rings. The SMILES string of the molecule is [C-]#[N+]c1ccc2c3c1ccc1c(-c4ccc(-c5c6ccccc6c(-c6cccc7ccccc67)c6ccccc56)c5ccccc45)ccc(c13)n2-c1cccnc1. The molecule has 12 rings (SSSR count). The first kappa shape index (κ1) is 31.5. The third-order valence-electron chi connectivity index (χ3n) is 12.1.